The van der Waals surface area contributed by atoms with Gasteiger partial charge < -0.3 is 10.1 Å². The zero-order valence-electron chi connectivity index (χ0n) is 12.1. The van der Waals surface area contributed by atoms with E-state index in [0.717, 1.165) is 31.6 Å². The van der Waals surface area contributed by atoms with Crippen molar-refractivity contribution in [2.75, 3.05) is 6.54 Å². The van der Waals surface area contributed by atoms with Gasteiger partial charge in [0.1, 0.15) is 11.9 Å². The number of para-hydroxylation sites is 1. The van der Waals surface area contributed by atoms with Crippen LogP contribution in [0.4, 0.5) is 0 Å². The molecule has 1 aliphatic rings. The van der Waals surface area contributed by atoms with E-state index >= 15 is 0 Å². The fraction of sp³-hybridized carbons (Fsp3) is 0.625. The molecular weight excluding hydrogens is 258 g/mol. The first-order valence-electron chi connectivity index (χ1n) is 7.32. The Kier molecular flexibility index (Phi) is 4.75. The van der Waals surface area contributed by atoms with Gasteiger partial charge in [0, 0.05) is 17.9 Å². The molecule has 2 unspecified atom stereocenters. The van der Waals surface area contributed by atoms with E-state index in [1.54, 1.807) is 0 Å². The summed E-state index contributed by atoms with van der Waals surface area (Å²) in [5.74, 6) is 0.815. The molecule has 0 aromatic heterocycles. The van der Waals surface area contributed by atoms with Crippen LogP contribution in [0.25, 0.3) is 0 Å². The summed E-state index contributed by atoms with van der Waals surface area (Å²) >= 11 is 6.19. The minimum Gasteiger partial charge on any atom is -0.488 e. The van der Waals surface area contributed by atoms with Crippen LogP contribution in [0.1, 0.15) is 40.0 Å². The van der Waals surface area contributed by atoms with E-state index in [0.29, 0.717) is 11.1 Å². The number of hydrogen-bond acceptors (Lipinski definition) is 2. The second kappa shape index (κ2) is 6.15. The van der Waals surface area contributed by atoms with Gasteiger partial charge in [0.05, 0.1) is 5.02 Å². The predicted molar refractivity (Wildman–Crippen MR) is 81.0 cm³/mol. The van der Waals surface area contributed by atoms with E-state index in [1.165, 1.54) is 0 Å². The molecule has 0 amide bonds. The molecule has 1 aromatic carbocycles. The van der Waals surface area contributed by atoms with Gasteiger partial charge in [-0.05, 0) is 31.5 Å². The minimum atomic E-state index is 0.245. The lowest BCUT2D eigenvalue weighted by atomic mass is 9.58. The molecule has 0 radical (unpaired) electrons. The lowest BCUT2D eigenvalue weighted by Crippen LogP contribution is -2.64. The summed E-state index contributed by atoms with van der Waals surface area (Å²) in [6, 6.07) is 8.32. The maximum Gasteiger partial charge on any atom is 0.138 e. The van der Waals surface area contributed by atoms with Crippen LogP contribution in [0, 0.1) is 5.41 Å². The van der Waals surface area contributed by atoms with Crippen LogP contribution in [0.15, 0.2) is 24.3 Å². The summed E-state index contributed by atoms with van der Waals surface area (Å²) in [6.45, 7) is 7.70. The summed E-state index contributed by atoms with van der Waals surface area (Å²) in [6.07, 6.45) is 3.61. The largest absolute Gasteiger partial charge is 0.488 e. The number of nitrogens with one attached hydrogen (secondary N) is 1. The third-order valence-electron chi connectivity index (χ3n) is 4.66. The van der Waals surface area contributed by atoms with Crippen LogP contribution < -0.4 is 10.1 Å². The molecule has 1 aliphatic carbocycles. The molecule has 1 fully saturated rings. The Bertz CT molecular complexity index is 417. The fourth-order valence-electron chi connectivity index (χ4n) is 3.34. The summed E-state index contributed by atoms with van der Waals surface area (Å²) in [7, 11) is 0. The molecule has 106 valence electrons. The van der Waals surface area contributed by atoms with Gasteiger partial charge in [-0.1, -0.05) is 44.5 Å². The second-order valence-corrected chi connectivity index (χ2v) is 5.73. The molecule has 0 heterocycles. The van der Waals surface area contributed by atoms with Crippen molar-refractivity contribution in [2.24, 2.45) is 5.41 Å². The lowest BCUT2D eigenvalue weighted by molar-refractivity contribution is -0.0853. The van der Waals surface area contributed by atoms with E-state index in [1.807, 2.05) is 24.3 Å². The van der Waals surface area contributed by atoms with E-state index in [-0.39, 0.29) is 11.5 Å². The summed E-state index contributed by atoms with van der Waals surface area (Å²) < 4.78 is 6.18. The van der Waals surface area contributed by atoms with Crippen LogP contribution in [0.2, 0.25) is 5.02 Å². The van der Waals surface area contributed by atoms with Crippen LogP contribution in [0.5, 0.6) is 5.75 Å². The topological polar surface area (TPSA) is 21.3 Å². The van der Waals surface area contributed by atoms with E-state index in [9.17, 15) is 0 Å². The molecule has 0 spiro atoms. The minimum absolute atomic E-state index is 0.245. The van der Waals surface area contributed by atoms with Crippen molar-refractivity contribution in [3.8, 4) is 5.75 Å². The van der Waals surface area contributed by atoms with Gasteiger partial charge in [0.15, 0.2) is 0 Å². The number of halogens is 1. The summed E-state index contributed by atoms with van der Waals surface area (Å²) in [4.78, 5) is 0. The first-order valence-corrected chi connectivity index (χ1v) is 7.70. The van der Waals surface area contributed by atoms with Crippen molar-refractivity contribution < 1.29 is 4.74 Å². The molecule has 2 rings (SSSR count). The molecule has 1 N–H and O–H groups in total. The predicted octanol–water partition coefficient (Wildman–Crippen LogP) is 4.28. The molecule has 2 atom stereocenters. The lowest BCUT2D eigenvalue weighted by Gasteiger charge is -2.55. The molecule has 2 nitrogen and oxygen atoms in total. The van der Waals surface area contributed by atoms with E-state index in [2.05, 4.69) is 26.1 Å². The average molecular weight is 282 g/mol. The Morgan fingerprint density at radius 2 is 1.95 bits per heavy atom. The molecule has 0 aliphatic heterocycles. The zero-order valence-corrected chi connectivity index (χ0v) is 12.8. The molecule has 1 aromatic rings. The SMILES string of the molecule is CCNC1CC(Oc2ccccc2Cl)C1(CC)CC. The van der Waals surface area contributed by atoms with Gasteiger partial charge in [-0.3, -0.25) is 0 Å². The molecular formula is C16H24ClNO. The standard InChI is InChI=1S/C16H24ClNO/c1-4-16(5-2)14(18-6-3)11-15(16)19-13-10-8-7-9-12(13)17/h7-10,14-15,18H,4-6,11H2,1-3H3. The smallest absolute Gasteiger partial charge is 0.138 e. The van der Waals surface area contributed by atoms with Crippen LogP contribution in [0.3, 0.4) is 0 Å². The Hall–Kier alpha value is -0.730. The van der Waals surface area contributed by atoms with Gasteiger partial charge in [-0.15, -0.1) is 0 Å². The molecule has 19 heavy (non-hydrogen) atoms. The van der Waals surface area contributed by atoms with Gasteiger partial charge in [-0.2, -0.15) is 0 Å². The summed E-state index contributed by atoms with van der Waals surface area (Å²) in [5.41, 5.74) is 0.245. The van der Waals surface area contributed by atoms with Crippen LogP contribution in [-0.2, 0) is 0 Å². The van der Waals surface area contributed by atoms with Crippen molar-refractivity contribution >= 4 is 11.6 Å². The zero-order chi connectivity index (χ0) is 13.9. The Morgan fingerprint density at radius 1 is 1.26 bits per heavy atom. The monoisotopic (exact) mass is 281 g/mol. The van der Waals surface area contributed by atoms with Gasteiger partial charge in [0.2, 0.25) is 0 Å². The van der Waals surface area contributed by atoms with E-state index < -0.39 is 0 Å². The Balaban J connectivity index is 2.11. The van der Waals surface area contributed by atoms with Gasteiger partial charge >= 0.3 is 0 Å². The van der Waals surface area contributed by atoms with Crippen molar-refractivity contribution in [3.05, 3.63) is 29.3 Å². The second-order valence-electron chi connectivity index (χ2n) is 5.32. The molecule has 0 bridgehead atoms. The average Bonchev–Trinajstić information content (AvgIpc) is 2.41. The highest BCUT2D eigenvalue weighted by atomic mass is 35.5. The third kappa shape index (κ3) is 2.61. The Labute approximate surface area is 121 Å². The highest BCUT2D eigenvalue weighted by molar-refractivity contribution is 6.32. The maximum atomic E-state index is 6.19. The first-order chi connectivity index (χ1) is 9.17. The molecule has 3 heteroatoms. The van der Waals surface area contributed by atoms with E-state index in [4.69, 9.17) is 16.3 Å². The number of rotatable bonds is 6. The normalized spacial score (nSPS) is 24.8. The molecule has 0 saturated heterocycles. The van der Waals surface area contributed by atoms with Crippen LogP contribution >= 0.6 is 11.6 Å². The number of benzene rings is 1. The first kappa shape index (κ1) is 14.7. The van der Waals surface area contributed by atoms with Crippen molar-refractivity contribution in [3.63, 3.8) is 0 Å². The quantitative estimate of drug-likeness (QED) is 0.840. The van der Waals surface area contributed by atoms with Crippen molar-refractivity contribution in [2.45, 2.75) is 52.2 Å². The summed E-state index contributed by atoms with van der Waals surface area (Å²) in [5, 5.41) is 4.30. The molecule has 1 saturated carbocycles. The fourth-order valence-corrected chi connectivity index (χ4v) is 3.52. The third-order valence-corrected chi connectivity index (χ3v) is 4.97. The highest BCUT2D eigenvalue weighted by Crippen LogP contribution is 2.49. The highest BCUT2D eigenvalue weighted by Gasteiger charge is 2.53. The van der Waals surface area contributed by atoms with Crippen molar-refractivity contribution in [1.29, 1.82) is 0 Å². The number of hydrogen-bond donors (Lipinski definition) is 1. The van der Waals surface area contributed by atoms with Crippen molar-refractivity contribution in [1.82, 2.24) is 5.32 Å². The maximum absolute atomic E-state index is 6.19. The number of ether oxygens (including phenoxy) is 1. The van der Waals surface area contributed by atoms with Gasteiger partial charge in [-0.25, -0.2) is 0 Å². The van der Waals surface area contributed by atoms with Crippen LogP contribution in [-0.4, -0.2) is 18.7 Å². The van der Waals surface area contributed by atoms with Gasteiger partial charge in [0.25, 0.3) is 0 Å². The Morgan fingerprint density at radius 3 is 2.53 bits per heavy atom.